The van der Waals surface area contributed by atoms with E-state index in [9.17, 15) is 0 Å². The molecule has 1 fully saturated rings. The molecule has 1 N–H and O–H groups in total. The highest BCUT2D eigenvalue weighted by Gasteiger charge is 2.20. The molecule has 1 aliphatic rings. The molecule has 1 rings (SSSR count). The second-order valence-corrected chi connectivity index (χ2v) is 6.27. The maximum Gasteiger partial charge on any atom is 0.0191 e. The molecule has 1 saturated heterocycles. The fourth-order valence-corrected chi connectivity index (χ4v) is 3.31. The van der Waals surface area contributed by atoms with Crippen molar-refractivity contribution in [2.75, 3.05) is 31.6 Å². The van der Waals surface area contributed by atoms with Gasteiger partial charge < -0.3 is 10.2 Å². The summed E-state index contributed by atoms with van der Waals surface area (Å²) in [6.45, 7) is 9.13. The lowest BCUT2D eigenvalue weighted by Gasteiger charge is -2.27. The Labute approximate surface area is 99.2 Å². The van der Waals surface area contributed by atoms with Crippen LogP contribution in [0.5, 0.6) is 0 Å². The van der Waals surface area contributed by atoms with E-state index in [0.29, 0.717) is 6.04 Å². The van der Waals surface area contributed by atoms with Crippen LogP contribution in [0.3, 0.4) is 0 Å². The van der Waals surface area contributed by atoms with Crippen LogP contribution in [0.4, 0.5) is 0 Å². The van der Waals surface area contributed by atoms with Crippen LogP contribution < -0.4 is 5.32 Å². The first-order valence-corrected chi connectivity index (χ1v) is 7.26. The van der Waals surface area contributed by atoms with Crippen LogP contribution in [0.2, 0.25) is 0 Å². The Balaban J connectivity index is 2.15. The van der Waals surface area contributed by atoms with Gasteiger partial charge in [-0.15, -0.1) is 0 Å². The van der Waals surface area contributed by atoms with Crippen LogP contribution in [0, 0.1) is 5.92 Å². The molecule has 0 bridgehead atoms. The number of nitrogens with one attached hydrogen (secondary N) is 1. The van der Waals surface area contributed by atoms with Crippen molar-refractivity contribution in [3.63, 3.8) is 0 Å². The molecular formula is C12H26N2S. The zero-order chi connectivity index (χ0) is 11.3. The third-order valence-corrected chi connectivity index (χ3v) is 4.15. The molecule has 0 aromatic heterocycles. The molecule has 0 aromatic rings. The molecule has 0 aliphatic carbocycles. The van der Waals surface area contributed by atoms with Crippen molar-refractivity contribution >= 4 is 11.8 Å². The molecular weight excluding hydrogens is 204 g/mol. The summed E-state index contributed by atoms with van der Waals surface area (Å²) in [4.78, 5) is 2.55. The van der Waals surface area contributed by atoms with Gasteiger partial charge in [-0.3, -0.25) is 0 Å². The topological polar surface area (TPSA) is 15.3 Å². The second-order valence-electron chi connectivity index (χ2n) is 5.13. The minimum Gasteiger partial charge on any atom is -0.314 e. The summed E-state index contributed by atoms with van der Waals surface area (Å²) in [7, 11) is 2.28. The van der Waals surface area contributed by atoms with Crippen LogP contribution in [0.25, 0.3) is 0 Å². The second kappa shape index (κ2) is 6.77. The van der Waals surface area contributed by atoms with Crippen LogP contribution in [-0.4, -0.2) is 48.6 Å². The highest BCUT2D eigenvalue weighted by molar-refractivity contribution is 7.99. The van der Waals surface area contributed by atoms with E-state index in [4.69, 9.17) is 0 Å². The summed E-state index contributed by atoms with van der Waals surface area (Å²) < 4.78 is 0. The summed E-state index contributed by atoms with van der Waals surface area (Å²) in [5.41, 5.74) is 0. The van der Waals surface area contributed by atoms with Gasteiger partial charge >= 0.3 is 0 Å². The molecule has 0 spiro atoms. The molecule has 0 saturated carbocycles. The van der Waals surface area contributed by atoms with E-state index in [1.807, 2.05) is 0 Å². The third kappa shape index (κ3) is 5.23. The van der Waals surface area contributed by atoms with Gasteiger partial charge in [-0.1, -0.05) is 20.8 Å². The Morgan fingerprint density at radius 3 is 2.67 bits per heavy atom. The quantitative estimate of drug-likeness (QED) is 0.752. The van der Waals surface area contributed by atoms with Gasteiger partial charge in [0.05, 0.1) is 0 Å². The van der Waals surface area contributed by atoms with Crippen molar-refractivity contribution in [1.29, 1.82) is 0 Å². The summed E-state index contributed by atoms with van der Waals surface area (Å²) in [5, 5.41) is 3.51. The fraction of sp³-hybridized carbons (Fsp3) is 1.00. The van der Waals surface area contributed by atoms with E-state index in [0.717, 1.165) is 18.5 Å². The molecule has 0 aromatic carbocycles. The lowest BCUT2D eigenvalue weighted by atomic mass is 10.1. The van der Waals surface area contributed by atoms with E-state index in [1.54, 1.807) is 0 Å². The summed E-state index contributed by atoms with van der Waals surface area (Å²) >= 11 is 2.10. The fourth-order valence-electron chi connectivity index (χ4n) is 2.01. The number of rotatable bonds is 6. The number of hydrogen-bond donors (Lipinski definition) is 1. The van der Waals surface area contributed by atoms with Gasteiger partial charge in [-0.2, -0.15) is 11.8 Å². The predicted molar refractivity (Wildman–Crippen MR) is 70.7 cm³/mol. The molecule has 3 heteroatoms. The van der Waals surface area contributed by atoms with Gasteiger partial charge in [0.25, 0.3) is 0 Å². The van der Waals surface area contributed by atoms with Crippen molar-refractivity contribution in [2.24, 2.45) is 5.92 Å². The standard InChI is InChI=1S/C12H26N2S/c1-10(2)13-7-11(3)8-14(4)12-5-6-15-9-12/h10-13H,5-9H2,1-4H3. The Morgan fingerprint density at radius 1 is 1.40 bits per heavy atom. The molecule has 1 aliphatic heterocycles. The SMILES string of the molecule is CC(CNC(C)C)CN(C)C1CCSC1. The Morgan fingerprint density at radius 2 is 2.13 bits per heavy atom. The average Bonchev–Trinajstić information content (AvgIpc) is 2.67. The first-order valence-electron chi connectivity index (χ1n) is 6.11. The van der Waals surface area contributed by atoms with Crippen molar-refractivity contribution in [2.45, 2.75) is 39.3 Å². The van der Waals surface area contributed by atoms with Gasteiger partial charge in [0.15, 0.2) is 0 Å². The number of hydrogen-bond acceptors (Lipinski definition) is 3. The van der Waals surface area contributed by atoms with Gasteiger partial charge in [-0.05, 0) is 31.7 Å². The van der Waals surface area contributed by atoms with E-state index in [1.165, 1.54) is 24.5 Å². The summed E-state index contributed by atoms with van der Waals surface area (Å²) in [6, 6.07) is 1.44. The van der Waals surface area contributed by atoms with Crippen molar-refractivity contribution in [3.8, 4) is 0 Å². The minimum absolute atomic E-state index is 0.611. The van der Waals surface area contributed by atoms with Crippen molar-refractivity contribution in [3.05, 3.63) is 0 Å². The average molecular weight is 230 g/mol. The lowest BCUT2D eigenvalue weighted by molar-refractivity contribution is 0.224. The minimum atomic E-state index is 0.611. The van der Waals surface area contributed by atoms with Gasteiger partial charge in [0.1, 0.15) is 0 Å². The van der Waals surface area contributed by atoms with E-state index >= 15 is 0 Å². The van der Waals surface area contributed by atoms with E-state index in [-0.39, 0.29) is 0 Å². The maximum atomic E-state index is 3.51. The predicted octanol–water partition coefficient (Wildman–Crippen LogP) is 2.06. The van der Waals surface area contributed by atoms with Crippen LogP contribution >= 0.6 is 11.8 Å². The molecule has 0 amide bonds. The Bertz CT molecular complexity index is 167. The largest absolute Gasteiger partial charge is 0.314 e. The molecule has 0 radical (unpaired) electrons. The molecule has 1 heterocycles. The Kier molecular flexibility index (Phi) is 6.02. The first-order chi connectivity index (χ1) is 7.09. The van der Waals surface area contributed by atoms with Gasteiger partial charge in [-0.25, -0.2) is 0 Å². The summed E-state index contributed by atoms with van der Waals surface area (Å²) in [6.07, 6.45) is 1.38. The van der Waals surface area contributed by atoms with Crippen molar-refractivity contribution < 1.29 is 0 Å². The molecule has 2 atom stereocenters. The van der Waals surface area contributed by atoms with Gasteiger partial charge in [0.2, 0.25) is 0 Å². The lowest BCUT2D eigenvalue weighted by Crippen LogP contribution is -2.38. The van der Waals surface area contributed by atoms with Crippen LogP contribution in [-0.2, 0) is 0 Å². The molecule has 2 unspecified atom stereocenters. The maximum absolute atomic E-state index is 3.51. The van der Waals surface area contributed by atoms with Crippen LogP contribution in [0.15, 0.2) is 0 Å². The molecule has 15 heavy (non-hydrogen) atoms. The normalized spacial score (nSPS) is 24.0. The first kappa shape index (κ1) is 13.3. The van der Waals surface area contributed by atoms with Crippen molar-refractivity contribution in [1.82, 2.24) is 10.2 Å². The van der Waals surface area contributed by atoms with Crippen LogP contribution in [0.1, 0.15) is 27.2 Å². The Hall–Kier alpha value is 0.270. The third-order valence-electron chi connectivity index (χ3n) is 3.00. The molecule has 2 nitrogen and oxygen atoms in total. The van der Waals surface area contributed by atoms with E-state index < -0.39 is 0 Å². The summed E-state index contributed by atoms with van der Waals surface area (Å²) in [5.74, 6) is 3.44. The van der Waals surface area contributed by atoms with Gasteiger partial charge in [0, 0.05) is 24.4 Å². The monoisotopic (exact) mass is 230 g/mol. The zero-order valence-corrected chi connectivity index (χ0v) is 11.4. The smallest absolute Gasteiger partial charge is 0.0191 e. The number of nitrogens with zero attached hydrogens (tertiary/aromatic N) is 1. The van der Waals surface area contributed by atoms with E-state index in [2.05, 4.69) is 49.8 Å². The zero-order valence-electron chi connectivity index (χ0n) is 10.6. The number of thioether (sulfide) groups is 1. The highest BCUT2D eigenvalue weighted by atomic mass is 32.2. The molecule has 90 valence electrons. The highest BCUT2D eigenvalue weighted by Crippen LogP contribution is 2.21.